The highest BCUT2D eigenvalue weighted by Crippen LogP contribution is 2.26. The van der Waals surface area contributed by atoms with Gasteiger partial charge >= 0.3 is 0 Å². The number of benzene rings is 1. The quantitative estimate of drug-likeness (QED) is 0.490. The number of hydrogen-bond acceptors (Lipinski definition) is 4. The van der Waals surface area contributed by atoms with Gasteiger partial charge in [-0.1, -0.05) is 12.1 Å². The van der Waals surface area contributed by atoms with Crippen LogP contribution in [0.5, 0.6) is 5.75 Å². The van der Waals surface area contributed by atoms with Gasteiger partial charge in [0, 0.05) is 20.2 Å². The van der Waals surface area contributed by atoms with Crippen LogP contribution in [0.3, 0.4) is 0 Å². The SMILES string of the molecule is COCC1=CCN(C(=O)c2cccc(N)c2O)CC1. The molecule has 0 atom stereocenters. The van der Waals surface area contributed by atoms with Crippen LogP contribution in [0.4, 0.5) is 5.69 Å². The molecule has 1 aromatic rings. The third-order valence-corrected chi connectivity index (χ3v) is 3.22. The molecule has 0 bridgehead atoms. The van der Waals surface area contributed by atoms with Crippen LogP contribution < -0.4 is 5.73 Å². The standard InChI is InChI=1S/C14H18N2O3/c1-19-9-10-5-7-16(8-6-10)14(18)11-3-2-4-12(15)13(11)17/h2-5,17H,6-9,15H2,1H3. The number of rotatable bonds is 3. The summed E-state index contributed by atoms with van der Waals surface area (Å²) in [5.41, 5.74) is 7.27. The second kappa shape index (κ2) is 5.75. The van der Waals surface area contributed by atoms with Gasteiger partial charge in [0.25, 0.3) is 5.91 Å². The van der Waals surface area contributed by atoms with Crippen LogP contribution in [0.2, 0.25) is 0 Å². The molecule has 0 radical (unpaired) electrons. The van der Waals surface area contributed by atoms with Crippen LogP contribution in [0, 0.1) is 0 Å². The Morgan fingerprint density at radius 1 is 1.53 bits per heavy atom. The number of carbonyl (C=O) groups excluding carboxylic acids is 1. The molecule has 0 aromatic heterocycles. The van der Waals surface area contributed by atoms with Crippen LogP contribution in [-0.4, -0.2) is 42.7 Å². The number of carbonyl (C=O) groups is 1. The average molecular weight is 262 g/mol. The first-order valence-electron chi connectivity index (χ1n) is 6.17. The topological polar surface area (TPSA) is 75.8 Å². The first-order chi connectivity index (χ1) is 9.13. The van der Waals surface area contributed by atoms with Crippen molar-refractivity contribution < 1.29 is 14.6 Å². The molecule has 102 valence electrons. The number of nitrogens with zero attached hydrogens (tertiary/aromatic N) is 1. The first kappa shape index (κ1) is 13.4. The number of nitrogens with two attached hydrogens (primary N) is 1. The molecule has 19 heavy (non-hydrogen) atoms. The molecule has 2 rings (SSSR count). The largest absolute Gasteiger partial charge is 0.505 e. The van der Waals surface area contributed by atoms with Gasteiger partial charge in [-0.2, -0.15) is 0 Å². The average Bonchev–Trinajstić information content (AvgIpc) is 2.42. The maximum absolute atomic E-state index is 12.3. The van der Waals surface area contributed by atoms with Crippen molar-refractivity contribution in [2.45, 2.75) is 6.42 Å². The molecule has 0 aliphatic carbocycles. The summed E-state index contributed by atoms with van der Waals surface area (Å²) in [7, 11) is 1.66. The third kappa shape index (κ3) is 2.88. The maximum Gasteiger partial charge on any atom is 0.257 e. The van der Waals surface area contributed by atoms with Gasteiger partial charge in [-0.15, -0.1) is 0 Å². The smallest absolute Gasteiger partial charge is 0.257 e. The van der Waals surface area contributed by atoms with Gasteiger partial charge < -0.3 is 20.5 Å². The number of anilines is 1. The third-order valence-electron chi connectivity index (χ3n) is 3.22. The Morgan fingerprint density at radius 3 is 2.95 bits per heavy atom. The van der Waals surface area contributed by atoms with Crippen molar-refractivity contribution in [1.82, 2.24) is 4.90 Å². The van der Waals surface area contributed by atoms with Crippen molar-refractivity contribution in [3.05, 3.63) is 35.4 Å². The van der Waals surface area contributed by atoms with Crippen molar-refractivity contribution >= 4 is 11.6 Å². The van der Waals surface area contributed by atoms with E-state index in [2.05, 4.69) is 0 Å². The lowest BCUT2D eigenvalue weighted by molar-refractivity contribution is 0.0762. The van der Waals surface area contributed by atoms with Crippen LogP contribution in [-0.2, 0) is 4.74 Å². The van der Waals surface area contributed by atoms with Crippen molar-refractivity contribution in [1.29, 1.82) is 0 Å². The molecular formula is C14H18N2O3. The van der Waals surface area contributed by atoms with Gasteiger partial charge in [0.05, 0.1) is 17.9 Å². The highest BCUT2D eigenvalue weighted by molar-refractivity contribution is 5.98. The van der Waals surface area contributed by atoms with Gasteiger partial charge in [0.2, 0.25) is 0 Å². The Kier molecular flexibility index (Phi) is 4.06. The zero-order valence-electron chi connectivity index (χ0n) is 10.9. The molecule has 0 fully saturated rings. The van der Waals surface area contributed by atoms with E-state index in [1.54, 1.807) is 30.2 Å². The summed E-state index contributed by atoms with van der Waals surface area (Å²) in [5.74, 6) is -0.336. The Morgan fingerprint density at radius 2 is 2.32 bits per heavy atom. The monoisotopic (exact) mass is 262 g/mol. The predicted octanol–water partition coefficient (Wildman–Crippen LogP) is 1.39. The number of amides is 1. The van der Waals surface area contributed by atoms with E-state index in [4.69, 9.17) is 10.5 Å². The summed E-state index contributed by atoms with van der Waals surface area (Å²) in [5, 5.41) is 9.83. The van der Waals surface area contributed by atoms with Crippen LogP contribution in [0.15, 0.2) is 29.8 Å². The maximum atomic E-state index is 12.3. The van der Waals surface area contributed by atoms with Crippen molar-refractivity contribution in [2.75, 3.05) is 32.5 Å². The lowest BCUT2D eigenvalue weighted by atomic mass is 10.1. The van der Waals surface area contributed by atoms with E-state index in [-0.39, 0.29) is 22.9 Å². The minimum absolute atomic E-state index is 0.140. The van der Waals surface area contributed by atoms with Crippen molar-refractivity contribution in [3.63, 3.8) is 0 Å². The molecule has 1 amide bonds. The molecule has 3 N–H and O–H groups in total. The van der Waals surface area contributed by atoms with E-state index in [0.29, 0.717) is 19.7 Å². The van der Waals surface area contributed by atoms with Crippen LogP contribution in [0.25, 0.3) is 0 Å². The van der Waals surface area contributed by atoms with E-state index in [0.717, 1.165) is 6.42 Å². The van der Waals surface area contributed by atoms with Crippen molar-refractivity contribution in [2.24, 2.45) is 0 Å². The summed E-state index contributed by atoms with van der Waals surface area (Å²) in [4.78, 5) is 14.0. The molecule has 0 saturated carbocycles. The number of methoxy groups -OCH3 is 1. The highest BCUT2D eigenvalue weighted by atomic mass is 16.5. The van der Waals surface area contributed by atoms with Crippen LogP contribution in [0.1, 0.15) is 16.8 Å². The van der Waals surface area contributed by atoms with Gasteiger partial charge in [0.1, 0.15) is 0 Å². The number of nitrogen functional groups attached to an aromatic ring is 1. The van der Waals surface area contributed by atoms with E-state index in [1.165, 1.54) is 5.57 Å². The predicted molar refractivity (Wildman–Crippen MR) is 73.0 cm³/mol. The second-order valence-electron chi connectivity index (χ2n) is 4.54. The van der Waals surface area contributed by atoms with E-state index in [1.807, 2.05) is 6.08 Å². The Balaban J connectivity index is 2.12. The molecule has 0 spiro atoms. The Bertz CT molecular complexity index is 511. The molecule has 1 aromatic carbocycles. The fourth-order valence-electron chi connectivity index (χ4n) is 2.12. The van der Waals surface area contributed by atoms with E-state index >= 15 is 0 Å². The summed E-state index contributed by atoms with van der Waals surface area (Å²) in [6, 6.07) is 4.82. The number of aromatic hydroxyl groups is 1. The van der Waals surface area contributed by atoms with E-state index in [9.17, 15) is 9.90 Å². The number of ether oxygens (including phenoxy) is 1. The fraction of sp³-hybridized carbons (Fsp3) is 0.357. The summed E-state index contributed by atoms with van der Waals surface area (Å²) >= 11 is 0. The number of hydrogen-bond donors (Lipinski definition) is 2. The molecule has 1 aliphatic rings. The minimum atomic E-state index is -0.197. The number of phenolic OH excluding ortho intramolecular Hbond substituents is 1. The lowest BCUT2D eigenvalue weighted by Gasteiger charge is -2.26. The normalized spacial score (nSPS) is 15.2. The zero-order chi connectivity index (χ0) is 13.8. The minimum Gasteiger partial charge on any atom is -0.505 e. The molecule has 5 heteroatoms. The second-order valence-corrected chi connectivity index (χ2v) is 4.54. The summed E-state index contributed by atoms with van der Waals surface area (Å²) < 4.78 is 5.07. The Labute approximate surface area is 112 Å². The molecule has 0 saturated heterocycles. The lowest BCUT2D eigenvalue weighted by Crippen LogP contribution is -2.35. The Hall–Kier alpha value is -2.01. The summed E-state index contributed by atoms with van der Waals surface area (Å²) in [6.07, 6.45) is 2.79. The van der Waals surface area contributed by atoms with E-state index < -0.39 is 0 Å². The van der Waals surface area contributed by atoms with Crippen molar-refractivity contribution in [3.8, 4) is 5.75 Å². The van der Waals surface area contributed by atoms with Gasteiger partial charge in [0.15, 0.2) is 5.75 Å². The zero-order valence-corrected chi connectivity index (χ0v) is 10.9. The molecular weight excluding hydrogens is 244 g/mol. The molecule has 5 nitrogen and oxygen atoms in total. The van der Waals surface area contributed by atoms with Crippen LogP contribution >= 0.6 is 0 Å². The fourth-order valence-corrected chi connectivity index (χ4v) is 2.12. The summed E-state index contributed by atoms with van der Waals surface area (Å²) in [6.45, 7) is 1.76. The molecule has 0 unspecified atom stereocenters. The molecule has 1 aliphatic heterocycles. The number of para-hydroxylation sites is 1. The van der Waals surface area contributed by atoms with Gasteiger partial charge in [-0.3, -0.25) is 4.79 Å². The first-order valence-corrected chi connectivity index (χ1v) is 6.17. The van der Waals surface area contributed by atoms with Gasteiger partial charge in [-0.05, 0) is 24.1 Å². The van der Waals surface area contributed by atoms with Gasteiger partial charge in [-0.25, -0.2) is 0 Å². The highest BCUT2D eigenvalue weighted by Gasteiger charge is 2.21. The molecule has 1 heterocycles. The number of phenols is 1.